The molecule has 14 nitrogen and oxygen atoms in total. The zero-order chi connectivity index (χ0) is 33.3. The summed E-state index contributed by atoms with van der Waals surface area (Å²) in [6.07, 6.45) is -4.47. The van der Waals surface area contributed by atoms with E-state index in [-0.39, 0.29) is 40.0 Å². The molecule has 0 aliphatic carbocycles. The van der Waals surface area contributed by atoms with Gasteiger partial charge in [0.1, 0.15) is 18.3 Å². The topological polar surface area (TPSA) is 219 Å². The molecule has 3 rings (SSSR count). The third-order valence-corrected chi connectivity index (χ3v) is 8.31. The highest BCUT2D eigenvalue weighted by molar-refractivity contribution is 9.09. The van der Waals surface area contributed by atoms with Gasteiger partial charge in [-0.15, -0.1) is 0 Å². The van der Waals surface area contributed by atoms with Gasteiger partial charge in [-0.1, -0.05) is 15.9 Å². The van der Waals surface area contributed by atoms with Crippen LogP contribution >= 0.6 is 15.9 Å². The Balaban J connectivity index is 2.65. The maximum atomic E-state index is 13.6. The molecule has 4 N–H and O–H groups in total. The van der Waals surface area contributed by atoms with Crippen LogP contribution in [0.1, 0.15) is 62.0 Å². The number of alkyl halides is 1. The number of Topliss-reactive ketones (excluding diaryl/α,β-unsaturated/α-hetero) is 4. The molecule has 238 valence electrons. The summed E-state index contributed by atoms with van der Waals surface area (Å²) in [5.74, 6) is -3.68. The van der Waals surface area contributed by atoms with Gasteiger partial charge in [0.2, 0.25) is 0 Å². The van der Waals surface area contributed by atoms with Crippen LogP contribution in [0.3, 0.4) is 0 Å². The number of carbonyl (C=O) groups is 4. The first-order chi connectivity index (χ1) is 20.6. The van der Waals surface area contributed by atoms with Gasteiger partial charge >= 0.3 is 5.69 Å². The number of fused-ring (bicyclic) bond motifs is 2. The molecule has 0 amide bonds. The van der Waals surface area contributed by atoms with Crippen LogP contribution in [0.15, 0.2) is 15.7 Å². The Kier molecular flexibility index (Phi) is 10.9. The lowest BCUT2D eigenvalue weighted by atomic mass is 9.67. The lowest BCUT2D eigenvalue weighted by Gasteiger charge is -2.32. The molecule has 0 aromatic heterocycles. The molecule has 44 heavy (non-hydrogen) atoms. The number of aromatic nitrogens is 4. The summed E-state index contributed by atoms with van der Waals surface area (Å²) in [4.78, 5) is 87.9. The van der Waals surface area contributed by atoms with Gasteiger partial charge in [-0.25, -0.2) is 9.78 Å². The minimum absolute atomic E-state index is 0.0327. The number of aryl methyl sites for hydroxylation is 1. The van der Waals surface area contributed by atoms with Gasteiger partial charge in [-0.05, 0) is 64.7 Å². The number of halogens is 1. The Morgan fingerprint density at radius 3 is 2.02 bits per heavy atom. The molecular formula is C29H35BrN4O10. The second kappa shape index (κ2) is 13.6. The van der Waals surface area contributed by atoms with Crippen molar-refractivity contribution in [1.82, 2.24) is 19.1 Å². The predicted octanol–water partition coefficient (Wildman–Crippen LogP) is -0.176. The maximum Gasteiger partial charge on any atom is 0.352 e. The van der Waals surface area contributed by atoms with Crippen molar-refractivity contribution in [3.63, 3.8) is 0 Å². The number of nitrogens with zero attached hydrogens (tertiary/aromatic N) is 4. The number of hydrogen-bond donors (Lipinski definition) is 4. The Morgan fingerprint density at radius 1 is 0.932 bits per heavy atom. The number of carbonyl (C=O) groups excluding carboxylic acids is 4. The number of ketones is 4. The average Bonchev–Trinajstić information content (AvgIpc) is 2.94. The Morgan fingerprint density at radius 2 is 1.52 bits per heavy atom. The van der Waals surface area contributed by atoms with E-state index >= 15 is 0 Å². The smallest absolute Gasteiger partial charge is 0.352 e. The van der Waals surface area contributed by atoms with E-state index in [1.165, 1.54) is 13.0 Å². The predicted molar refractivity (Wildman–Crippen MR) is 161 cm³/mol. The summed E-state index contributed by atoms with van der Waals surface area (Å²) in [7, 11) is 0. The molecule has 0 saturated heterocycles. The first-order valence-corrected chi connectivity index (χ1v) is 14.9. The van der Waals surface area contributed by atoms with Crippen molar-refractivity contribution in [1.29, 1.82) is 0 Å². The first kappa shape index (κ1) is 35.0. The van der Waals surface area contributed by atoms with Crippen LogP contribution in [0.2, 0.25) is 0 Å². The Labute approximate surface area is 259 Å². The van der Waals surface area contributed by atoms with Crippen molar-refractivity contribution >= 4 is 50.1 Å². The molecule has 0 saturated carbocycles. The van der Waals surface area contributed by atoms with E-state index in [2.05, 4.69) is 25.9 Å². The molecule has 1 aromatic carbocycles. The second-order valence-corrected chi connectivity index (χ2v) is 11.5. The van der Waals surface area contributed by atoms with Crippen molar-refractivity contribution in [2.24, 2.45) is 0 Å². The fourth-order valence-electron chi connectivity index (χ4n) is 5.67. The molecule has 15 heteroatoms. The molecule has 0 radical (unpaired) electrons. The largest absolute Gasteiger partial charge is 0.394 e. The molecular weight excluding hydrogens is 644 g/mol. The molecule has 0 spiro atoms. The van der Waals surface area contributed by atoms with Crippen molar-refractivity contribution in [3.05, 3.63) is 43.6 Å². The van der Waals surface area contributed by atoms with E-state index in [4.69, 9.17) is 0 Å². The fraction of sp³-hybridized carbons (Fsp3) is 0.517. The van der Waals surface area contributed by atoms with Crippen LogP contribution in [0.5, 0.6) is 0 Å². The quantitative estimate of drug-likeness (QED) is 0.0574. The zero-order valence-electron chi connectivity index (χ0n) is 25.0. The van der Waals surface area contributed by atoms with Crippen molar-refractivity contribution in [3.8, 4) is 11.5 Å². The van der Waals surface area contributed by atoms with E-state index in [0.717, 1.165) is 36.8 Å². The molecule has 2 aliphatic rings. The summed E-state index contributed by atoms with van der Waals surface area (Å²) >= 11 is 3.29. The Bertz CT molecular complexity index is 1690. The standard InChI is InChI=1S/C29H35BrN4O10/c1-13-10-18-24(21(14(2)36)22(13)29(15(3)37,16(4)38)17(5)39)34(11-19(40)25(42)20(41)12-35)26-23(31-18)27(43)33(28(44)32-26)9-7-6-8-30/h10,19-20,25,35,40-42H,6-9,11-12H2,1-5H3/t19-,20+,25-/m1/s1. The van der Waals surface area contributed by atoms with Crippen molar-refractivity contribution in [2.45, 2.75) is 84.3 Å². The molecule has 1 aromatic rings. The van der Waals surface area contributed by atoms with Crippen LogP contribution in [0, 0.1) is 6.92 Å². The van der Waals surface area contributed by atoms with Gasteiger partial charge in [-0.2, -0.15) is 4.98 Å². The van der Waals surface area contributed by atoms with Gasteiger partial charge in [0.25, 0.3) is 5.56 Å². The summed E-state index contributed by atoms with van der Waals surface area (Å²) < 4.78 is 1.96. The maximum absolute atomic E-state index is 13.6. The number of aliphatic hydroxyl groups excluding tert-OH is 4. The minimum Gasteiger partial charge on any atom is -0.394 e. The van der Waals surface area contributed by atoms with Crippen LogP contribution in [0.4, 0.5) is 0 Å². The highest BCUT2D eigenvalue weighted by Gasteiger charge is 2.50. The first-order valence-electron chi connectivity index (χ1n) is 13.8. The number of unbranched alkanes of at least 4 members (excludes halogenated alkanes) is 1. The second-order valence-electron chi connectivity index (χ2n) is 10.7. The summed E-state index contributed by atoms with van der Waals surface area (Å²) in [5.41, 5.74) is -5.11. The van der Waals surface area contributed by atoms with Crippen LogP contribution in [-0.2, 0) is 32.9 Å². The number of hydrogen-bond acceptors (Lipinski definition) is 12. The molecule has 0 bridgehead atoms. The molecule has 2 aliphatic heterocycles. The fourth-order valence-corrected chi connectivity index (χ4v) is 6.07. The Hall–Kier alpha value is -3.50. The average molecular weight is 680 g/mol. The van der Waals surface area contributed by atoms with E-state index in [1.807, 2.05) is 0 Å². The van der Waals surface area contributed by atoms with E-state index < -0.39 is 77.1 Å². The van der Waals surface area contributed by atoms with Gasteiger partial charge < -0.3 is 25.0 Å². The van der Waals surface area contributed by atoms with Crippen molar-refractivity contribution < 1.29 is 39.6 Å². The van der Waals surface area contributed by atoms with Gasteiger partial charge in [-0.3, -0.25) is 28.5 Å². The van der Waals surface area contributed by atoms with Crippen LogP contribution in [-0.4, -0.2) is 92.9 Å². The highest BCUT2D eigenvalue weighted by atomic mass is 79.9. The van der Waals surface area contributed by atoms with Crippen LogP contribution < -0.4 is 11.2 Å². The van der Waals surface area contributed by atoms with E-state index in [9.17, 15) is 49.2 Å². The lowest BCUT2D eigenvalue weighted by Crippen LogP contribution is -2.49. The molecule has 2 heterocycles. The van der Waals surface area contributed by atoms with Gasteiger partial charge in [0, 0.05) is 17.4 Å². The molecule has 0 fully saturated rings. The van der Waals surface area contributed by atoms with Crippen molar-refractivity contribution in [2.75, 3.05) is 11.9 Å². The van der Waals surface area contributed by atoms with Gasteiger partial charge in [0.05, 0.1) is 24.2 Å². The SMILES string of the molecule is CC(=O)c1c(C(C(C)=O)(C(C)=O)C(C)=O)c(C)cc2nc3c(=O)n(CCCCBr)c(=O)nc-3n(C[C@@H](O)[C@@H](O)[C@@H](O)CO)c12. The lowest BCUT2D eigenvalue weighted by molar-refractivity contribution is -0.140. The van der Waals surface area contributed by atoms with E-state index in [0.29, 0.717) is 18.2 Å². The molecule has 0 unspecified atom stereocenters. The number of benzene rings is 1. The van der Waals surface area contributed by atoms with Crippen LogP contribution in [0.25, 0.3) is 22.6 Å². The zero-order valence-corrected chi connectivity index (χ0v) is 26.5. The van der Waals surface area contributed by atoms with Gasteiger partial charge in [0.15, 0.2) is 40.1 Å². The minimum atomic E-state index is -2.40. The molecule has 3 atom stereocenters. The van der Waals surface area contributed by atoms with E-state index in [1.54, 1.807) is 0 Å². The number of rotatable bonds is 14. The third-order valence-electron chi connectivity index (χ3n) is 7.75. The third kappa shape index (κ3) is 5.94. The summed E-state index contributed by atoms with van der Waals surface area (Å²) in [6.45, 7) is 4.13. The summed E-state index contributed by atoms with van der Waals surface area (Å²) in [6, 6.07) is 1.36. The number of aliphatic hydroxyl groups is 4. The monoisotopic (exact) mass is 678 g/mol. The normalized spacial score (nSPS) is 14.0. The highest BCUT2D eigenvalue weighted by Crippen LogP contribution is 2.39. The summed E-state index contributed by atoms with van der Waals surface area (Å²) in [5, 5.41) is 41.3.